The molecule has 1 aromatic rings. The maximum atomic E-state index is 13.2. The molecule has 0 radical (unpaired) electrons. The van der Waals surface area contributed by atoms with Gasteiger partial charge in [0, 0.05) is 12.5 Å². The van der Waals surface area contributed by atoms with Gasteiger partial charge in [-0.3, -0.25) is 4.79 Å². The predicted octanol–water partition coefficient (Wildman–Crippen LogP) is 5.57. The highest BCUT2D eigenvalue weighted by Gasteiger charge is 2.46. The number of halogens is 1. The molecule has 3 atom stereocenters. The molecule has 1 saturated carbocycles. The smallest absolute Gasteiger partial charge is 0.219 e. The van der Waals surface area contributed by atoms with Gasteiger partial charge in [0.15, 0.2) is 0 Å². The van der Waals surface area contributed by atoms with Gasteiger partial charge in [0.05, 0.1) is 11.4 Å². The third-order valence-electron chi connectivity index (χ3n) is 6.76. The number of fused-ring (bicyclic) bond motifs is 1. The van der Waals surface area contributed by atoms with Gasteiger partial charge in [0.1, 0.15) is 5.82 Å². The molecule has 162 valence electrons. The van der Waals surface area contributed by atoms with Crippen molar-refractivity contribution >= 4 is 17.3 Å². The van der Waals surface area contributed by atoms with Crippen molar-refractivity contribution in [3.05, 3.63) is 53.5 Å². The van der Waals surface area contributed by atoms with Crippen LogP contribution in [0.2, 0.25) is 0 Å². The SMILES string of the molecule is CCCC(C[C@H]1CCC2=CC(=Nc3ccc(F)cc3)C(=CN)C[C@@]21C)NC(=O)CC. The lowest BCUT2D eigenvalue weighted by molar-refractivity contribution is -0.121. The molecule has 0 bridgehead atoms. The number of nitrogens with zero attached hydrogens (tertiary/aromatic N) is 1. The Balaban J connectivity index is 1.84. The number of rotatable bonds is 7. The first kappa shape index (κ1) is 22.3. The van der Waals surface area contributed by atoms with Crippen LogP contribution < -0.4 is 11.1 Å². The van der Waals surface area contributed by atoms with E-state index >= 15 is 0 Å². The fourth-order valence-electron chi connectivity index (χ4n) is 4.99. The molecule has 1 unspecified atom stereocenters. The standard InChI is InChI=1S/C25H34FN3O/c1-4-6-22(29-24(30)5-2)13-18-7-8-19-14-23(17(16-27)15-25(18,19)3)28-21-11-9-20(26)10-12-21/h9-12,14,16,18,22H,4-8,13,15,27H2,1-3H3,(H,29,30)/t18-,22?,25-/m1/s1. The van der Waals surface area contributed by atoms with Crippen LogP contribution in [0.15, 0.2) is 52.7 Å². The number of nitrogens with one attached hydrogen (secondary N) is 1. The average Bonchev–Trinajstić information content (AvgIpc) is 3.04. The van der Waals surface area contributed by atoms with E-state index in [9.17, 15) is 9.18 Å². The summed E-state index contributed by atoms with van der Waals surface area (Å²) >= 11 is 0. The molecule has 1 fully saturated rings. The molecule has 5 heteroatoms. The van der Waals surface area contributed by atoms with Crippen molar-refractivity contribution in [3.8, 4) is 0 Å². The molecule has 30 heavy (non-hydrogen) atoms. The van der Waals surface area contributed by atoms with Crippen LogP contribution in [0, 0.1) is 17.2 Å². The topological polar surface area (TPSA) is 67.5 Å². The van der Waals surface area contributed by atoms with Gasteiger partial charge in [-0.15, -0.1) is 0 Å². The van der Waals surface area contributed by atoms with Crippen molar-refractivity contribution in [2.75, 3.05) is 0 Å². The van der Waals surface area contributed by atoms with E-state index in [1.54, 1.807) is 18.3 Å². The summed E-state index contributed by atoms with van der Waals surface area (Å²) in [6.45, 7) is 6.40. The summed E-state index contributed by atoms with van der Waals surface area (Å²) in [5.74, 6) is 0.366. The van der Waals surface area contributed by atoms with Gasteiger partial charge in [0.2, 0.25) is 5.91 Å². The first-order valence-corrected chi connectivity index (χ1v) is 11.1. The maximum Gasteiger partial charge on any atom is 0.219 e. The number of hydrogen-bond acceptors (Lipinski definition) is 3. The van der Waals surface area contributed by atoms with E-state index in [1.165, 1.54) is 17.7 Å². The first-order valence-electron chi connectivity index (χ1n) is 11.1. The Labute approximate surface area is 179 Å². The molecule has 0 saturated heterocycles. The molecular weight excluding hydrogens is 377 g/mol. The summed E-state index contributed by atoms with van der Waals surface area (Å²) < 4.78 is 13.2. The van der Waals surface area contributed by atoms with E-state index in [0.29, 0.717) is 12.3 Å². The molecular formula is C25H34FN3O. The second kappa shape index (κ2) is 9.59. The molecule has 0 heterocycles. The lowest BCUT2D eigenvalue weighted by Gasteiger charge is -2.39. The number of carbonyl (C=O) groups is 1. The number of amides is 1. The van der Waals surface area contributed by atoms with Crippen LogP contribution in [0.5, 0.6) is 0 Å². The number of allylic oxidation sites excluding steroid dienone is 3. The van der Waals surface area contributed by atoms with E-state index in [1.807, 2.05) is 6.92 Å². The summed E-state index contributed by atoms with van der Waals surface area (Å²) in [4.78, 5) is 16.7. The van der Waals surface area contributed by atoms with Crippen LogP contribution in [0.1, 0.15) is 65.7 Å². The van der Waals surface area contributed by atoms with Gasteiger partial charge in [-0.2, -0.15) is 0 Å². The van der Waals surface area contributed by atoms with Crippen molar-refractivity contribution < 1.29 is 9.18 Å². The summed E-state index contributed by atoms with van der Waals surface area (Å²) in [5, 5.41) is 3.23. The highest BCUT2D eigenvalue weighted by Crippen LogP contribution is 2.55. The summed E-state index contributed by atoms with van der Waals surface area (Å²) in [6.07, 6.45) is 10.4. The van der Waals surface area contributed by atoms with Gasteiger partial charge in [-0.25, -0.2) is 9.38 Å². The third-order valence-corrected chi connectivity index (χ3v) is 6.76. The minimum Gasteiger partial charge on any atom is -0.404 e. The van der Waals surface area contributed by atoms with E-state index in [0.717, 1.165) is 55.5 Å². The summed E-state index contributed by atoms with van der Waals surface area (Å²) in [6, 6.07) is 6.45. The Hall–Kier alpha value is -2.43. The first-order chi connectivity index (χ1) is 14.4. The van der Waals surface area contributed by atoms with Crippen molar-refractivity contribution in [3.63, 3.8) is 0 Å². The number of carbonyl (C=O) groups excluding carboxylic acids is 1. The van der Waals surface area contributed by atoms with E-state index in [-0.39, 0.29) is 23.2 Å². The van der Waals surface area contributed by atoms with Gasteiger partial charge in [-0.05, 0) is 85.6 Å². The van der Waals surface area contributed by atoms with Crippen LogP contribution in [-0.4, -0.2) is 17.7 Å². The molecule has 0 spiro atoms. The molecule has 4 nitrogen and oxygen atoms in total. The van der Waals surface area contributed by atoms with Crippen LogP contribution >= 0.6 is 0 Å². The Morgan fingerprint density at radius 1 is 1.37 bits per heavy atom. The van der Waals surface area contributed by atoms with Crippen LogP contribution in [0.25, 0.3) is 0 Å². The Bertz CT molecular complexity index is 856. The Kier molecular flexibility index (Phi) is 7.11. The lowest BCUT2D eigenvalue weighted by atomic mass is 9.67. The molecule has 1 amide bonds. The molecule has 0 aromatic heterocycles. The zero-order chi connectivity index (χ0) is 21.7. The fourth-order valence-corrected chi connectivity index (χ4v) is 4.99. The highest BCUT2D eigenvalue weighted by atomic mass is 19.1. The third kappa shape index (κ3) is 4.82. The van der Waals surface area contributed by atoms with E-state index in [4.69, 9.17) is 10.7 Å². The monoisotopic (exact) mass is 411 g/mol. The minimum absolute atomic E-state index is 0.0377. The highest BCUT2D eigenvalue weighted by molar-refractivity contribution is 6.11. The zero-order valence-electron chi connectivity index (χ0n) is 18.4. The van der Waals surface area contributed by atoms with Crippen LogP contribution in [0.4, 0.5) is 10.1 Å². The number of aliphatic imine (C=N–C) groups is 1. The molecule has 3 rings (SSSR count). The second-order valence-electron chi connectivity index (χ2n) is 8.81. The lowest BCUT2D eigenvalue weighted by Crippen LogP contribution is -2.39. The predicted molar refractivity (Wildman–Crippen MR) is 121 cm³/mol. The Morgan fingerprint density at radius 3 is 2.73 bits per heavy atom. The normalized spacial score (nSPS) is 27.1. The maximum absolute atomic E-state index is 13.2. The Morgan fingerprint density at radius 2 is 2.10 bits per heavy atom. The molecule has 3 N–H and O–H groups in total. The number of benzene rings is 1. The van der Waals surface area contributed by atoms with Gasteiger partial charge >= 0.3 is 0 Å². The number of nitrogens with two attached hydrogens (primary N) is 1. The van der Waals surface area contributed by atoms with Crippen LogP contribution in [0.3, 0.4) is 0 Å². The zero-order valence-corrected chi connectivity index (χ0v) is 18.4. The number of hydrogen-bond donors (Lipinski definition) is 2. The fraction of sp³-hybridized carbons (Fsp3) is 0.520. The molecule has 1 aromatic carbocycles. The largest absolute Gasteiger partial charge is 0.404 e. The minimum atomic E-state index is -0.265. The van der Waals surface area contributed by atoms with Gasteiger partial charge in [-0.1, -0.05) is 32.8 Å². The van der Waals surface area contributed by atoms with Crippen molar-refractivity contribution in [2.24, 2.45) is 22.1 Å². The second-order valence-corrected chi connectivity index (χ2v) is 8.81. The molecule has 0 aliphatic heterocycles. The van der Waals surface area contributed by atoms with Crippen LogP contribution in [-0.2, 0) is 4.79 Å². The average molecular weight is 412 g/mol. The summed E-state index contributed by atoms with van der Waals surface area (Å²) in [5.41, 5.74) is 10.1. The van der Waals surface area contributed by atoms with Crippen molar-refractivity contribution in [2.45, 2.75) is 71.8 Å². The summed E-state index contributed by atoms with van der Waals surface area (Å²) in [7, 11) is 0. The van der Waals surface area contributed by atoms with Gasteiger partial charge < -0.3 is 11.1 Å². The molecule has 2 aliphatic rings. The van der Waals surface area contributed by atoms with E-state index in [2.05, 4.69) is 25.2 Å². The van der Waals surface area contributed by atoms with Gasteiger partial charge in [0.25, 0.3) is 0 Å². The van der Waals surface area contributed by atoms with E-state index < -0.39 is 0 Å². The molecule has 2 aliphatic carbocycles. The van der Waals surface area contributed by atoms with Crippen molar-refractivity contribution in [1.82, 2.24) is 5.32 Å². The van der Waals surface area contributed by atoms with Crippen molar-refractivity contribution in [1.29, 1.82) is 0 Å². The quantitative estimate of drug-likeness (QED) is 0.616.